The van der Waals surface area contributed by atoms with E-state index in [1.807, 2.05) is 18.2 Å². The minimum absolute atomic E-state index is 0.656. The van der Waals surface area contributed by atoms with Gasteiger partial charge in [-0.15, -0.1) is 0 Å². The number of nitrogens with one attached hydrogen (secondary N) is 2. The first-order valence-corrected chi connectivity index (χ1v) is 3.16. The fourth-order valence-corrected chi connectivity index (χ4v) is 0.803. The molecule has 0 fully saturated rings. The SMILES string of the molecule is N=NC(N=N)c1ccccc1. The molecule has 4 heteroatoms. The number of benzene rings is 1. The molecule has 4 nitrogen and oxygen atoms in total. The van der Waals surface area contributed by atoms with Gasteiger partial charge in [0.15, 0.2) is 0 Å². The Morgan fingerprint density at radius 2 is 1.55 bits per heavy atom. The molecule has 0 bridgehead atoms. The summed E-state index contributed by atoms with van der Waals surface area (Å²) in [6, 6.07) is 9.12. The number of hydrogen-bond acceptors (Lipinski definition) is 4. The van der Waals surface area contributed by atoms with Crippen LogP contribution in [0.3, 0.4) is 0 Å². The average Bonchev–Trinajstić information content (AvgIpc) is 2.09. The lowest BCUT2D eigenvalue weighted by Crippen LogP contribution is -1.87. The molecule has 1 aromatic rings. The van der Waals surface area contributed by atoms with E-state index in [0.29, 0.717) is 0 Å². The molecule has 1 aromatic carbocycles. The van der Waals surface area contributed by atoms with Crippen molar-refractivity contribution in [3.63, 3.8) is 0 Å². The molecule has 1 rings (SSSR count). The monoisotopic (exact) mass is 148 g/mol. The smallest absolute Gasteiger partial charge is 0.205 e. The molecule has 0 saturated heterocycles. The van der Waals surface area contributed by atoms with E-state index in [4.69, 9.17) is 11.1 Å². The van der Waals surface area contributed by atoms with Crippen molar-refractivity contribution in [3.05, 3.63) is 35.9 Å². The lowest BCUT2D eigenvalue weighted by atomic mass is 10.2. The minimum atomic E-state index is -0.656. The molecule has 56 valence electrons. The summed E-state index contributed by atoms with van der Waals surface area (Å²) >= 11 is 0. The molecule has 2 N–H and O–H groups in total. The van der Waals surface area contributed by atoms with Crippen LogP contribution in [0, 0.1) is 11.1 Å². The Bertz CT molecular complexity index is 236. The van der Waals surface area contributed by atoms with E-state index in [0.717, 1.165) is 5.56 Å². The Kier molecular flexibility index (Phi) is 2.43. The maximum Gasteiger partial charge on any atom is 0.205 e. The molecule has 0 radical (unpaired) electrons. The molecule has 0 atom stereocenters. The summed E-state index contributed by atoms with van der Waals surface area (Å²) < 4.78 is 0. The highest BCUT2D eigenvalue weighted by atomic mass is 15.2. The van der Waals surface area contributed by atoms with Gasteiger partial charge < -0.3 is 0 Å². The summed E-state index contributed by atoms with van der Waals surface area (Å²) in [5.74, 6) is 0. The highest BCUT2D eigenvalue weighted by molar-refractivity contribution is 5.17. The summed E-state index contributed by atoms with van der Waals surface area (Å²) in [4.78, 5) is 0. The molecule has 11 heavy (non-hydrogen) atoms. The fourth-order valence-electron chi connectivity index (χ4n) is 0.803. The summed E-state index contributed by atoms with van der Waals surface area (Å²) in [6.07, 6.45) is -0.656. The second-order valence-corrected chi connectivity index (χ2v) is 2.04. The summed E-state index contributed by atoms with van der Waals surface area (Å²) in [7, 11) is 0. The Balaban J connectivity index is 2.90. The third kappa shape index (κ3) is 1.67. The topological polar surface area (TPSA) is 72.4 Å². The van der Waals surface area contributed by atoms with Gasteiger partial charge in [-0.05, 0) is 0 Å². The van der Waals surface area contributed by atoms with Crippen LogP contribution < -0.4 is 0 Å². The van der Waals surface area contributed by atoms with Gasteiger partial charge in [-0.3, -0.25) is 0 Å². The van der Waals surface area contributed by atoms with Gasteiger partial charge in [0.05, 0.1) is 0 Å². The van der Waals surface area contributed by atoms with Crippen LogP contribution in [0.5, 0.6) is 0 Å². The molecule has 0 aromatic heterocycles. The number of rotatable bonds is 3. The molecule has 0 aliphatic rings. The lowest BCUT2D eigenvalue weighted by Gasteiger charge is -2.01. The van der Waals surface area contributed by atoms with Crippen molar-refractivity contribution in [1.29, 1.82) is 11.1 Å². The predicted octanol–water partition coefficient (Wildman–Crippen LogP) is 2.75. The molecule has 0 unspecified atom stereocenters. The van der Waals surface area contributed by atoms with Crippen LogP contribution in [-0.2, 0) is 0 Å². The second-order valence-electron chi connectivity index (χ2n) is 2.04. The van der Waals surface area contributed by atoms with Crippen LogP contribution in [-0.4, -0.2) is 0 Å². The van der Waals surface area contributed by atoms with Crippen molar-refractivity contribution >= 4 is 0 Å². The Hall–Kier alpha value is -1.58. The van der Waals surface area contributed by atoms with Crippen LogP contribution in [0.1, 0.15) is 11.7 Å². The third-order valence-corrected chi connectivity index (χ3v) is 1.34. The first-order chi connectivity index (χ1) is 5.38. The molecule has 0 aliphatic carbocycles. The molecule has 0 spiro atoms. The van der Waals surface area contributed by atoms with Crippen molar-refractivity contribution in [2.24, 2.45) is 10.2 Å². The molecular weight excluding hydrogens is 140 g/mol. The maximum absolute atomic E-state index is 6.71. The predicted molar refractivity (Wildman–Crippen MR) is 39.5 cm³/mol. The van der Waals surface area contributed by atoms with Crippen LogP contribution in [0.4, 0.5) is 0 Å². The van der Waals surface area contributed by atoms with Crippen molar-refractivity contribution in [1.82, 2.24) is 0 Å². The van der Waals surface area contributed by atoms with E-state index < -0.39 is 6.17 Å². The van der Waals surface area contributed by atoms with E-state index in [1.54, 1.807) is 12.1 Å². The molecule has 0 aliphatic heterocycles. The van der Waals surface area contributed by atoms with Gasteiger partial charge >= 0.3 is 0 Å². The van der Waals surface area contributed by atoms with Gasteiger partial charge in [-0.1, -0.05) is 30.3 Å². The number of hydrogen-bond donors (Lipinski definition) is 2. The van der Waals surface area contributed by atoms with Gasteiger partial charge in [0.25, 0.3) is 0 Å². The van der Waals surface area contributed by atoms with Crippen molar-refractivity contribution in [3.8, 4) is 0 Å². The van der Waals surface area contributed by atoms with E-state index in [2.05, 4.69) is 10.2 Å². The van der Waals surface area contributed by atoms with Crippen molar-refractivity contribution in [2.45, 2.75) is 6.17 Å². The highest BCUT2D eigenvalue weighted by Crippen LogP contribution is 2.16. The zero-order valence-electron chi connectivity index (χ0n) is 5.86. The Labute approximate surface area is 64.3 Å². The Morgan fingerprint density at radius 3 is 2.00 bits per heavy atom. The average molecular weight is 148 g/mol. The zero-order chi connectivity index (χ0) is 8.10. The van der Waals surface area contributed by atoms with Gasteiger partial charge in [-0.25, -0.2) is 11.1 Å². The van der Waals surface area contributed by atoms with E-state index in [1.165, 1.54) is 0 Å². The maximum atomic E-state index is 6.71. The van der Waals surface area contributed by atoms with Crippen LogP contribution in [0.15, 0.2) is 40.6 Å². The number of nitrogens with zero attached hydrogens (tertiary/aromatic N) is 2. The van der Waals surface area contributed by atoms with Crippen molar-refractivity contribution < 1.29 is 0 Å². The first-order valence-electron chi connectivity index (χ1n) is 3.16. The molecular formula is C7H8N4. The van der Waals surface area contributed by atoms with Gasteiger partial charge in [0.1, 0.15) is 0 Å². The highest BCUT2D eigenvalue weighted by Gasteiger charge is 2.04. The largest absolute Gasteiger partial charge is 0.207 e. The molecule has 0 heterocycles. The van der Waals surface area contributed by atoms with Gasteiger partial charge in [0, 0.05) is 5.56 Å². The molecule has 0 amide bonds. The van der Waals surface area contributed by atoms with Crippen molar-refractivity contribution in [2.75, 3.05) is 0 Å². The standard InChI is InChI=1S/C7H8N4/c8-10-7(11-9)6-4-2-1-3-5-6/h1-5,7-9H. The summed E-state index contributed by atoms with van der Waals surface area (Å²) in [5, 5.41) is 6.35. The summed E-state index contributed by atoms with van der Waals surface area (Å²) in [5.41, 5.74) is 14.2. The zero-order valence-corrected chi connectivity index (χ0v) is 5.86. The van der Waals surface area contributed by atoms with Crippen LogP contribution in [0.25, 0.3) is 0 Å². The quantitative estimate of drug-likeness (QED) is 0.618. The molecule has 0 saturated carbocycles. The second kappa shape index (κ2) is 3.55. The van der Waals surface area contributed by atoms with Gasteiger partial charge in [0.2, 0.25) is 6.17 Å². The van der Waals surface area contributed by atoms with E-state index in [9.17, 15) is 0 Å². The first kappa shape index (κ1) is 7.53. The van der Waals surface area contributed by atoms with Gasteiger partial charge in [-0.2, -0.15) is 10.2 Å². The summed E-state index contributed by atoms with van der Waals surface area (Å²) in [6.45, 7) is 0. The lowest BCUT2D eigenvalue weighted by molar-refractivity contribution is 0.647. The fraction of sp³-hybridized carbons (Fsp3) is 0.143. The normalized spacial score (nSPS) is 12.0. The van der Waals surface area contributed by atoms with E-state index in [-0.39, 0.29) is 0 Å². The Morgan fingerprint density at radius 1 is 1.00 bits per heavy atom. The van der Waals surface area contributed by atoms with Crippen LogP contribution >= 0.6 is 0 Å². The third-order valence-electron chi connectivity index (χ3n) is 1.34. The van der Waals surface area contributed by atoms with E-state index >= 15 is 0 Å². The van der Waals surface area contributed by atoms with Crippen LogP contribution in [0.2, 0.25) is 0 Å². The minimum Gasteiger partial charge on any atom is -0.207 e.